The van der Waals surface area contributed by atoms with E-state index in [0.29, 0.717) is 17.3 Å². The molecule has 4 saturated carbocycles. The average molecular weight is 300 g/mol. The molecule has 5 fully saturated rings. The van der Waals surface area contributed by atoms with Crippen LogP contribution in [0, 0.1) is 29.1 Å². The first-order chi connectivity index (χ1) is 10.7. The molecule has 0 radical (unpaired) electrons. The van der Waals surface area contributed by atoms with E-state index in [-0.39, 0.29) is 5.60 Å². The van der Waals surface area contributed by atoms with E-state index in [1.165, 1.54) is 19.3 Å². The van der Waals surface area contributed by atoms with Crippen molar-refractivity contribution in [3.63, 3.8) is 0 Å². The van der Waals surface area contributed by atoms with Crippen molar-refractivity contribution in [1.82, 2.24) is 0 Å². The van der Waals surface area contributed by atoms with Crippen molar-refractivity contribution in [2.45, 2.75) is 30.7 Å². The molecule has 1 aromatic rings. The number of ether oxygens (including phenoxy) is 2. The van der Waals surface area contributed by atoms with Gasteiger partial charge in [-0.05, 0) is 48.6 Å². The van der Waals surface area contributed by atoms with Gasteiger partial charge in [-0.2, -0.15) is 4.89 Å². The molecule has 4 nitrogen and oxygen atoms in total. The maximum atomic E-state index is 5.97. The Kier molecular flexibility index (Phi) is 1.89. The van der Waals surface area contributed by atoms with E-state index in [2.05, 4.69) is 6.07 Å². The minimum atomic E-state index is -0.756. The molecule has 2 spiro atoms. The Bertz CT molecular complexity index is 659. The molecule has 0 aromatic heterocycles. The summed E-state index contributed by atoms with van der Waals surface area (Å²) in [5.41, 5.74) is 1.36. The number of rotatable bonds is 3. The quantitative estimate of drug-likeness (QED) is 0.804. The van der Waals surface area contributed by atoms with Crippen molar-refractivity contribution in [3.05, 3.63) is 29.8 Å². The Hall–Kier alpha value is -1.10. The zero-order valence-corrected chi connectivity index (χ0v) is 12.9. The monoisotopic (exact) mass is 300 g/mol. The van der Waals surface area contributed by atoms with Crippen LogP contribution < -0.4 is 4.74 Å². The van der Waals surface area contributed by atoms with Crippen molar-refractivity contribution < 1.29 is 19.2 Å². The number of hydrogen-bond donors (Lipinski definition) is 0. The number of fused-ring (bicyclic) bond motifs is 2. The Balaban J connectivity index is 1.45. The van der Waals surface area contributed by atoms with Gasteiger partial charge in [0.05, 0.1) is 7.11 Å². The molecule has 1 heterocycles. The molecule has 22 heavy (non-hydrogen) atoms. The second-order valence-corrected chi connectivity index (χ2v) is 7.72. The van der Waals surface area contributed by atoms with Gasteiger partial charge in [0.1, 0.15) is 5.75 Å². The SMILES string of the molecule is COc1cccc(C2(OC)OOC23C2CC4CC5CC3C452)c1. The van der Waals surface area contributed by atoms with Gasteiger partial charge in [-0.15, -0.1) is 0 Å². The summed E-state index contributed by atoms with van der Waals surface area (Å²) in [6, 6.07) is 8.03. The highest BCUT2D eigenvalue weighted by molar-refractivity contribution is 5.45. The van der Waals surface area contributed by atoms with Gasteiger partial charge in [-0.25, -0.2) is 4.89 Å². The van der Waals surface area contributed by atoms with Crippen molar-refractivity contribution in [1.29, 1.82) is 0 Å². The molecule has 5 aliphatic rings. The first kappa shape index (κ1) is 12.3. The van der Waals surface area contributed by atoms with Gasteiger partial charge < -0.3 is 9.47 Å². The van der Waals surface area contributed by atoms with Crippen LogP contribution in [0.25, 0.3) is 0 Å². The van der Waals surface area contributed by atoms with Crippen molar-refractivity contribution >= 4 is 0 Å². The summed E-state index contributed by atoms with van der Waals surface area (Å²) in [5, 5.41) is 0. The Morgan fingerprint density at radius 2 is 1.82 bits per heavy atom. The highest BCUT2D eigenvalue weighted by atomic mass is 17.3. The topological polar surface area (TPSA) is 36.9 Å². The normalized spacial score (nSPS) is 55.5. The van der Waals surface area contributed by atoms with E-state index < -0.39 is 5.79 Å². The summed E-state index contributed by atoms with van der Waals surface area (Å²) in [4.78, 5) is 11.5. The summed E-state index contributed by atoms with van der Waals surface area (Å²) >= 11 is 0. The fourth-order valence-corrected chi connectivity index (χ4v) is 7.00. The van der Waals surface area contributed by atoms with E-state index in [1.54, 1.807) is 14.2 Å². The molecule has 4 aliphatic carbocycles. The van der Waals surface area contributed by atoms with Gasteiger partial charge in [-0.3, -0.25) is 0 Å². The van der Waals surface area contributed by atoms with Crippen LogP contribution >= 0.6 is 0 Å². The predicted octanol–water partition coefficient (Wildman–Crippen LogP) is 2.87. The summed E-state index contributed by atoms with van der Waals surface area (Å²) in [6.45, 7) is 0. The lowest BCUT2D eigenvalue weighted by molar-refractivity contribution is -0.701. The first-order valence-corrected chi connectivity index (χ1v) is 8.30. The van der Waals surface area contributed by atoms with Crippen LogP contribution in [-0.4, -0.2) is 19.8 Å². The van der Waals surface area contributed by atoms with Gasteiger partial charge in [0.25, 0.3) is 5.79 Å². The molecule has 0 amide bonds. The summed E-state index contributed by atoms with van der Waals surface area (Å²) in [7, 11) is 3.42. The van der Waals surface area contributed by atoms with Gasteiger partial charge in [0, 0.05) is 24.5 Å². The zero-order chi connectivity index (χ0) is 14.7. The van der Waals surface area contributed by atoms with Gasteiger partial charge in [-0.1, -0.05) is 12.1 Å². The Morgan fingerprint density at radius 1 is 1.05 bits per heavy atom. The Morgan fingerprint density at radius 3 is 2.36 bits per heavy atom. The van der Waals surface area contributed by atoms with Crippen LogP contribution in [0.4, 0.5) is 0 Å². The third-order valence-electron chi connectivity index (χ3n) is 7.81. The van der Waals surface area contributed by atoms with Gasteiger partial charge >= 0.3 is 0 Å². The van der Waals surface area contributed by atoms with Gasteiger partial charge in [0.15, 0.2) is 5.60 Å². The summed E-state index contributed by atoms with van der Waals surface area (Å²) < 4.78 is 11.3. The van der Waals surface area contributed by atoms with Crippen molar-refractivity contribution in [2.75, 3.05) is 14.2 Å². The fourth-order valence-electron chi connectivity index (χ4n) is 7.00. The van der Waals surface area contributed by atoms with Crippen LogP contribution in [0.2, 0.25) is 0 Å². The highest BCUT2D eigenvalue weighted by Gasteiger charge is 2.97. The fraction of sp³-hybridized carbons (Fsp3) is 0.667. The minimum absolute atomic E-state index is 0.262. The van der Waals surface area contributed by atoms with Crippen molar-refractivity contribution in [2.24, 2.45) is 29.1 Å². The second kappa shape index (κ2) is 3.37. The molecule has 5 unspecified atom stereocenters. The molecule has 0 bridgehead atoms. The lowest BCUT2D eigenvalue weighted by Crippen LogP contribution is -2.97. The molecular weight excluding hydrogens is 280 g/mol. The van der Waals surface area contributed by atoms with E-state index in [1.807, 2.05) is 18.2 Å². The van der Waals surface area contributed by atoms with E-state index in [9.17, 15) is 0 Å². The maximum Gasteiger partial charge on any atom is 0.260 e. The molecule has 6 rings (SSSR count). The third kappa shape index (κ3) is 0.860. The lowest BCUT2D eigenvalue weighted by atomic mass is 9.13. The lowest BCUT2D eigenvalue weighted by Gasteiger charge is -2.93. The molecule has 1 aliphatic heterocycles. The molecular formula is C18H20O4. The van der Waals surface area contributed by atoms with Crippen LogP contribution in [0.5, 0.6) is 5.75 Å². The van der Waals surface area contributed by atoms with E-state index >= 15 is 0 Å². The molecule has 1 aromatic carbocycles. The van der Waals surface area contributed by atoms with E-state index in [0.717, 1.165) is 23.1 Å². The van der Waals surface area contributed by atoms with Crippen LogP contribution in [-0.2, 0) is 20.3 Å². The number of methoxy groups -OCH3 is 2. The largest absolute Gasteiger partial charge is 0.497 e. The molecule has 1 saturated heterocycles. The first-order valence-electron chi connectivity index (χ1n) is 8.30. The standard InChI is InChI=1S/C18H20O4/c1-19-13-5-3-4-10(7-13)18(20-2)17(21-22-18)14-8-11-6-12-9-15(17)16(11,12)14/h3-5,7,11-12,14-15H,6,8-9H2,1-2H3. The van der Waals surface area contributed by atoms with E-state index in [4.69, 9.17) is 19.2 Å². The molecule has 116 valence electrons. The van der Waals surface area contributed by atoms with Crippen LogP contribution in [0.15, 0.2) is 24.3 Å². The van der Waals surface area contributed by atoms with Crippen LogP contribution in [0.3, 0.4) is 0 Å². The zero-order valence-electron chi connectivity index (χ0n) is 12.9. The van der Waals surface area contributed by atoms with Gasteiger partial charge in [0.2, 0.25) is 0 Å². The summed E-state index contributed by atoms with van der Waals surface area (Å²) in [6.07, 6.45) is 4.01. The third-order valence-corrected chi connectivity index (χ3v) is 7.81. The minimum Gasteiger partial charge on any atom is -0.497 e. The second-order valence-electron chi connectivity index (χ2n) is 7.72. The van der Waals surface area contributed by atoms with Crippen LogP contribution in [0.1, 0.15) is 24.8 Å². The predicted molar refractivity (Wildman–Crippen MR) is 76.8 cm³/mol. The molecule has 5 atom stereocenters. The number of hydrogen-bond acceptors (Lipinski definition) is 4. The summed E-state index contributed by atoms with van der Waals surface area (Å²) in [5.74, 6) is 3.21. The molecule has 0 N–H and O–H groups in total. The average Bonchev–Trinajstić information content (AvgIpc) is 2.45. The smallest absolute Gasteiger partial charge is 0.260 e. The van der Waals surface area contributed by atoms with Crippen molar-refractivity contribution in [3.8, 4) is 5.75 Å². The number of benzene rings is 1. The maximum absolute atomic E-state index is 5.97. The molecule has 4 heteroatoms. The Labute approximate surface area is 129 Å². The highest BCUT2D eigenvalue weighted by Crippen LogP contribution is 2.94.